The average Bonchev–Trinajstić information content (AvgIpc) is 2.40. The van der Waals surface area contributed by atoms with Crippen LogP contribution >= 0.6 is 0 Å². The largest absolute Gasteiger partial charge is 0.338 e. The zero-order chi connectivity index (χ0) is 14.1. The third-order valence-corrected chi connectivity index (χ3v) is 2.61. The van der Waals surface area contributed by atoms with Gasteiger partial charge in [-0.1, -0.05) is 30.4 Å². The van der Waals surface area contributed by atoms with Crippen molar-refractivity contribution in [2.45, 2.75) is 6.42 Å². The van der Waals surface area contributed by atoms with Gasteiger partial charge in [0.15, 0.2) is 0 Å². The van der Waals surface area contributed by atoms with Gasteiger partial charge in [-0.25, -0.2) is 9.18 Å². The minimum atomic E-state index is -0.245. The maximum absolute atomic E-state index is 13.4. The van der Waals surface area contributed by atoms with Crippen molar-refractivity contribution in [1.29, 1.82) is 0 Å². The molecule has 0 aliphatic rings. The highest BCUT2D eigenvalue weighted by atomic mass is 19.1. The lowest BCUT2D eigenvalue weighted by molar-refractivity contribution is 0.208. The first kappa shape index (κ1) is 15.0. The van der Waals surface area contributed by atoms with Gasteiger partial charge in [-0.3, -0.25) is 0 Å². The Morgan fingerprint density at radius 3 is 2.47 bits per heavy atom. The Hall–Kier alpha value is -2.10. The molecule has 1 aromatic rings. The second kappa shape index (κ2) is 8.08. The first-order chi connectivity index (χ1) is 9.19. The number of nitrogens with zero attached hydrogens (tertiary/aromatic N) is 1. The lowest BCUT2D eigenvalue weighted by Crippen LogP contribution is -2.40. The van der Waals surface area contributed by atoms with Crippen LogP contribution in [0.15, 0.2) is 49.6 Å². The monoisotopic (exact) mass is 262 g/mol. The van der Waals surface area contributed by atoms with Crippen LogP contribution in [-0.2, 0) is 6.42 Å². The van der Waals surface area contributed by atoms with Crippen LogP contribution in [0.3, 0.4) is 0 Å². The van der Waals surface area contributed by atoms with Crippen LogP contribution in [0, 0.1) is 5.82 Å². The zero-order valence-electron chi connectivity index (χ0n) is 10.9. The number of carbonyl (C=O) groups is 1. The number of amides is 2. The van der Waals surface area contributed by atoms with Gasteiger partial charge in [0.25, 0.3) is 0 Å². The molecule has 0 unspecified atom stereocenters. The standard InChI is InChI=1S/C15H19FN2O/c1-3-11-18(12-4-2)15(19)17-10-9-13-7-5-6-8-14(13)16/h3-8H,1-2,9-12H2,(H,17,19). The molecule has 102 valence electrons. The van der Waals surface area contributed by atoms with Crippen molar-refractivity contribution in [2.24, 2.45) is 0 Å². The molecule has 0 saturated carbocycles. The molecule has 1 rings (SSSR count). The van der Waals surface area contributed by atoms with Gasteiger partial charge < -0.3 is 10.2 Å². The lowest BCUT2D eigenvalue weighted by Gasteiger charge is -2.19. The molecule has 19 heavy (non-hydrogen) atoms. The van der Waals surface area contributed by atoms with Crippen LogP contribution in [0.1, 0.15) is 5.56 Å². The number of urea groups is 1. The summed E-state index contributed by atoms with van der Waals surface area (Å²) in [5.74, 6) is -0.245. The third kappa shape index (κ3) is 4.95. The van der Waals surface area contributed by atoms with Crippen LogP contribution in [0.4, 0.5) is 9.18 Å². The number of rotatable bonds is 7. The summed E-state index contributed by atoms with van der Waals surface area (Å²) in [6, 6.07) is 6.36. The van der Waals surface area contributed by atoms with Crippen LogP contribution in [0.5, 0.6) is 0 Å². The Labute approximate surface area is 113 Å². The molecule has 0 spiro atoms. The number of hydrogen-bond acceptors (Lipinski definition) is 1. The topological polar surface area (TPSA) is 32.3 Å². The fourth-order valence-corrected chi connectivity index (χ4v) is 1.67. The normalized spacial score (nSPS) is 9.74. The number of hydrogen-bond donors (Lipinski definition) is 1. The summed E-state index contributed by atoms with van der Waals surface area (Å²) >= 11 is 0. The van der Waals surface area contributed by atoms with E-state index in [0.717, 1.165) is 0 Å². The Bertz CT molecular complexity index is 436. The smallest absolute Gasteiger partial charge is 0.317 e. The van der Waals surface area contributed by atoms with Gasteiger partial charge in [-0.15, -0.1) is 13.2 Å². The molecule has 0 heterocycles. The molecule has 0 saturated heterocycles. The van der Waals surface area contributed by atoms with Gasteiger partial charge in [0.2, 0.25) is 0 Å². The summed E-state index contributed by atoms with van der Waals surface area (Å²) in [5.41, 5.74) is 0.599. The highest BCUT2D eigenvalue weighted by Gasteiger charge is 2.09. The van der Waals surface area contributed by atoms with Crippen molar-refractivity contribution in [3.05, 3.63) is 61.0 Å². The highest BCUT2D eigenvalue weighted by Crippen LogP contribution is 2.06. The molecular weight excluding hydrogens is 243 g/mol. The first-order valence-corrected chi connectivity index (χ1v) is 6.17. The molecule has 0 aliphatic heterocycles. The fourth-order valence-electron chi connectivity index (χ4n) is 1.67. The second-order valence-corrected chi connectivity index (χ2v) is 4.06. The van der Waals surface area contributed by atoms with E-state index in [2.05, 4.69) is 18.5 Å². The summed E-state index contributed by atoms with van der Waals surface area (Å²) in [6.45, 7) is 8.50. The molecule has 0 atom stereocenters. The Morgan fingerprint density at radius 1 is 1.26 bits per heavy atom. The average molecular weight is 262 g/mol. The van der Waals surface area contributed by atoms with Gasteiger partial charge in [0, 0.05) is 19.6 Å². The minimum Gasteiger partial charge on any atom is -0.338 e. The van der Waals surface area contributed by atoms with Crippen molar-refractivity contribution in [2.75, 3.05) is 19.6 Å². The Morgan fingerprint density at radius 2 is 1.89 bits per heavy atom. The summed E-state index contributed by atoms with van der Waals surface area (Å²) in [6.07, 6.45) is 3.77. The molecular formula is C15H19FN2O. The lowest BCUT2D eigenvalue weighted by atomic mass is 10.1. The molecule has 4 heteroatoms. The predicted octanol–water partition coefficient (Wildman–Crippen LogP) is 2.75. The molecule has 0 radical (unpaired) electrons. The minimum absolute atomic E-state index is 0.198. The van der Waals surface area contributed by atoms with E-state index in [0.29, 0.717) is 31.6 Å². The van der Waals surface area contributed by atoms with Gasteiger partial charge in [0.1, 0.15) is 5.82 Å². The molecule has 1 N–H and O–H groups in total. The fraction of sp³-hybridized carbons (Fsp3) is 0.267. The van der Waals surface area contributed by atoms with Crippen molar-refractivity contribution in [3.8, 4) is 0 Å². The summed E-state index contributed by atoms with van der Waals surface area (Å²) in [5, 5.41) is 2.75. The van der Waals surface area contributed by atoms with Crippen molar-refractivity contribution >= 4 is 6.03 Å². The number of halogens is 1. The van der Waals surface area contributed by atoms with E-state index in [-0.39, 0.29) is 11.8 Å². The molecule has 0 fully saturated rings. The summed E-state index contributed by atoms with van der Waals surface area (Å²) < 4.78 is 13.4. The van der Waals surface area contributed by atoms with Crippen molar-refractivity contribution < 1.29 is 9.18 Å². The van der Waals surface area contributed by atoms with Gasteiger partial charge >= 0.3 is 6.03 Å². The molecule has 1 aromatic carbocycles. The van der Waals surface area contributed by atoms with Gasteiger partial charge in [-0.2, -0.15) is 0 Å². The maximum Gasteiger partial charge on any atom is 0.317 e. The third-order valence-electron chi connectivity index (χ3n) is 2.61. The summed E-state index contributed by atoms with van der Waals surface area (Å²) in [4.78, 5) is 13.4. The zero-order valence-corrected chi connectivity index (χ0v) is 10.9. The van der Waals surface area contributed by atoms with Crippen LogP contribution in [-0.4, -0.2) is 30.6 Å². The van der Waals surface area contributed by atoms with E-state index >= 15 is 0 Å². The van der Waals surface area contributed by atoms with Crippen molar-refractivity contribution in [1.82, 2.24) is 10.2 Å². The molecule has 3 nitrogen and oxygen atoms in total. The highest BCUT2D eigenvalue weighted by molar-refractivity contribution is 5.74. The second-order valence-electron chi connectivity index (χ2n) is 4.06. The van der Waals surface area contributed by atoms with E-state index in [1.807, 2.05) is 0 Å². The van der Waals surface area contributed by atoms with E-state index in [9.17, 15) is 9.18 Å². The van der Waals surface area contributed by atoms with Gasteiger partial charge in [-0.05, 0) is 18.1 Å². The van der Waals surface area contributed by atoms with Crippen LogP contribution < -0.4 is 5.32 Å². The molecule has 0 aromatic heterocycles. The first-order valence-electron chi connectivity index (χ1n) is 6.17. The van der Waals surface area contributed by atoms with Gasteiger partial charge in [0.05, 0.1) is 0 Å². The van der Waals surface area contributed by atoms with Crippen LogP contribution in [0.2, 0.25) is 0 Å². The Kier molecular flexibility index (Phi) is 6.36. The van der Waals surface area contributed by atoms with E-state index in [4.69, 9.17) is 0 Å². The van der Waals surface area contributed by atoms with Crippen molar-refractivity contribution in [3.63, 3.8) is 0 Å². The molecule has 0 aliphatic carbocycles. The van der Waals surface area contributed by atoms with E-state index < -0.39 is 0 Å². The van der Waals surface area contributed by atoms with E-state index in [1.54, 1.807) is 35.3 Å². The predicted molar refractivity (Wildman–Crippen MR) is 75.5 cm³/mol. The summed E-state index contributed by atoms with van der Waals surface area (Å²) in [7, 11) is 0. The van der Waals surface area contributed by atoms with E-state index in [1.165, 1.54) is 6.07 Å². The molecule has 0 bridgehead atoms. The molecule has 2 amide bonds. The number of nitrogens with one attached hydrogen (secondary N) is 1. The SMILES string of the molecule is C=CCN(CC=C)C(=O)NCCc1ccccc1F. The quantitative estimate of drug-likeness (QED) is 0.753. The Balaban J connectivity index is 2.43. The van der Waals surface area contributed by atoms with Crippen LogP contribution in [0.25, 0.3) is 0 Å². The number of benzene rings is 1. The number of carbonyl (C=O) groups excluding carboxylic acids is 1. The maximum atomic E-state index is 13.4.